The zero-order chi connectivity index (χ0) is 24.6. The first-order valence-corrected chi connectivity index (χ1v) is 13.2. The minimum Gasteiger partial charge on any atom is -0.256 e. The van der Waals surface area contributed by atoms with Crippen LogP contribution in [0.5, 0.6) is 0 Å². The van der Waals surface area contributed by atoms with Crippen LogP contribution in [-0.4, -0.2) is 4.98 Å². The molecule has 1 nitrogen and oxygen atoms in total. The lowest BCUT2D eigenvalue weighted by atomic mass is 10.00. The molecular weight excluding hydrogens is 450 g/mol. The van der Waals surface area contributed by atoms with Crippen LogP contribution in [0.4, 0.5) is 0 Å². The minimum atomic E-state index is -1.41. The molecule has 34 heavy (non-hydrogen) atoms. The van der Waals surface area contributed by atoms with Gasteiger partial charge in [0.1, 0.15) is 0 Å². The predicted octanol–water partition coefficient (Wildman–Crippen LogP) is 9.84. The van der Waals surface area contributed by atoms with Gasteiger partial charge in [-0.3, -0.25) is 4.98 Å². The number of hydrogen-bond acceptors (Lipinski definition) is 3. The number of benzene rings is 4. The van der Waals surface area contributed by atoms with Crippen molar-refractivity contribution in [1.82, 2.24) is 4.98 Å². The molecule has 0 unspecified atom stereocenters. The van der Waals surface area contributed by atoms with Crippen molar-refractivity contribution in [2.75, 3.05) is 0 Å². The molecule has 0 aliphatic carbocycles. The molecule has 0 spiro atoms. The van der Waals surface area contributed by atoms with Crippen LogP contribution in [0.1, 0.15) is 22.2 Å². The Balaban J connectivity index is 1.49. The number of pyridine rings is 1. The second-order valence-electron chi connectivity index (χ2n) is 9.09. The van der Waals surface area contributed by atoms with Crippen molar-refractivity contribution < 1.29 is 2.74 Å². The number of fused-ring (bicyclic) bond motifs is 9. The fourth-order valence-electron chi connectivity index (χ4n) is 5.05. The number of nitrogens with zero attached hydrogens (tertiary/aromatic N) is 1. The number of hydrogen-bond donors (Lipinski definition) is 0. The van der Waals surface area contributed by atoms with Crippen molar-refractivity contribution in [2.24, 2.45) is 5.92 Å². The number of rotatable bonds is 3. The molecule has 0 bridgehead atoms. The van der Waals surface area contributed by atoms with Crippen molar-refractivity contribution in [3.63, 3.8) is 0 Å². The van der Waals surface area contributed by atoms with Crippen LogP contribution in [0.2, 0.25) is 0 Å². The molecule has 0 aliphatic rings. The fraction of sp³-hybridized carbons (Fsp3) is 0.129. The lowest BCUT2D eigenvalue weighted by molar-refractivity contribution is 0.647. The van der Waals surface area contributed by atoms with Gasteiger partial charge in [-0.1, -0.05) is 74.5 Å². The quantitative estimate of drug-likeness (QED) is 0.248. The van der Waals surface area contributed by atoms with E-state index in [0.717, 1.165) is 11.3 Å². The van der Waals surface area contributed by atoms with Crippen LogP contribution >= 0.6 is 22.7 Å². The third-order valence-electron chi connectivity index (χ3n) is 6.49. The lowest BCUT2D eigenvalue weighted by Crippen LogP contribution is -1.95. The first kappa shape index (κ1) is 18.1. The Hall–Kier alpha value is -3.27. The summed E-state index contributed by atoms with van der Waals surface area (Å²) in [5.41, 5.74) is 2.56. The van der Waals surface area contributed by atoms with Crippen LogP contribution in [0.15, 0.2) is 85.1 Å². The molecule has 0 aliphatic heterocycles. The average molecular weight is 476 g/mol. The summed E-state index contributed by atoms with van der Waals surface area (Å²) >= 11 is 3.69. The van der Waals surface area contributed by atoms with Gasteiger partial charge in [-0.05, 0) is 36.1 Å². The monoisotopic (exact) mass is 475 g/mol. The first-order valence-electron chi connectivity index (χ1n) is 12.6. The highest BCUT2D eigenvalue weighted by Crippen LogP contribution is 2.45. The first-order chi connectivity index (χ1) is 17.4. The van der Waals surface area contributed by atoms with E-state index in [2.05, 4.69) is 71.7 Å². The largest absolute Gasteiger partial charge is 0.256 e. The summed E-state index contributed by atoms with van der Waals surface area (Å²) in [7, 11) is 0. The summed E-state index contributed by atoms with van der Waals surface area (Å²) in [4.78, 5) is 4.67. The van der Waals surface area contributed by atoms with Gasteiger partial charge in [0, 0.05) is 65.6 Å². The van der Waals surface area contributed by atoms with E-state index in [1.54, 1.807) is 12.3 Å². The molecule has 0 fully saturated rings. The lowest BCUT2D eigenvalue weighted by Gasteiger charge is -2.08. The van der Waals surface area contributed by atoms with E-state index >= 15 is 0 Å². The van der Waals surface area contributed by atoms with Crippen molar-refractivity contribution in [1.29, 1.82) is 0 Å². The molecule has 0 saturated heterocycles. The third kappa shape index (κ3) is 3.01. The smallest absolute Gasteiger partial charge is 0.0719 e. The molecule has 0 atom stereocenters. The summed E-state index contributed by atoms with van der Waals surface area (Å²) in [5.74, 6) is -0.120. The van der Waals surface area contributed by atoms with Crippen LogP contribution in [-0.2, 0) is 6.37 Å². The van der Waals surface area contributed by atoms with E-state index in [4.69, 9.17) is 2.74 Å². The Morgan fingerprint density at radius 3 is 2.12 bits per heavy atom. The number of aromatic nitrogens is 1. The van der Waals surface area contributed by atoms with Crippen molar-refractivity contribution in [3.05, 3.63) is 90.6 Å². The van der Waals surface area contributed by atoms with E-state index < -0.39 is 6.37 Å². The zero-order valence-corrected chi connectivity index (χ0v) is 20.6. The minimum absolute atomic E-state index is 0.120. The van der Waals surface area contributed by atoms with Gasteiger partial charge in [-0.2, -0.15) is 0 Å². The molecule has 7 aromatic rings. The Bertz CT molecular complexity index is 1960. The average Bonchev–Trinajstić information content (AvgIpc) is 3.47. The second-order valence-corrected chi connectivity index (χ2v) is 11.2. The van der Waals surface area contributed by atoms with Gasteiger partial charge in [0.05, 0.1) is 5.69 Å². The fourth-order valence-corrected chi connectivity index (χ4v) is 7.63. The Kier molecular flexibility index (Phi) is 4.06. The van der Waals surface area contributed by atoms with E-state index in [9.17, 15) is 0 Å². The van der Waals surface area contributed by atoms with Crippen LogP contribution in [0.3, 0.4) is 0 Å². The Morgan fingerprint density at radius 1 is 0.706 bits per heavy atom. The summed E-state index contributed by atoms with van der Waals surface area (Å²) in [6, 6.07) is 27.9. The topological polar surface area (TPSA) is 12.9 Å². The summed E-state index contributed by atoms with van der Waals surface area (Å²) in [6.07, 6.45) is 0.336. The van der Waals surface area contributed by atoms with Crippen molar-refractivity contribution in [2.45, 2.75) is 20.2 Å². The Labute approximate surface area is 209 Å². The van der Waals surface area contributed by atoms with Gasteiger partial charge < -0.3 is 0 Å². The van der Waals surface area contributed by atoms with E-state index in [1.807, 2.05) is 42.6 Å². The molecule has 0 N–H and O–H groups in total. The molecule has 3 heteroatoms. The van der Waals surface area contributed by atoms with Crippen molar-refractivity contribution in [3.8, 4) is 11.3 Å². The van der Waals surface area contributed by atoms with Gasteiger partial charge in [0.25, 0.3) is 0 Å². The third-order valence-corrected chi connectivity index (χ3v) is 9.00. The number of thiophene rings is 2. The van der Waals surface area contributed by atoms with Crippen LogP contribution < -0.4 is 0 Å². The standard InChI is InChI=1S/C31H23NS2/c1-18(2)16-19-14-15-32-27(17-19)26-8-5-7-21-23-12-13-24-25(30(23)34-31(21)26)11-10-22-20-6-3-4-9-28(20)33-29(22)24/h3-15,17-18H,16H2,1-2H3/i16D2. The summed E-state index contributed by atoms with van der Waals surface area (Å²) < 4.78 is 22.3. The summed E-state index contributed by atoms with van der Waals surface area (Å²) in [6.45, 7) is 3.84. The molecule has 4 aromatic carbocycles. The highest BCUT2D eigenvalue weighted by atomic mass is 32.1. The maximum Gasteiger partial charge on any atom is 0.0719 e. The molecular formula is C31H23NS2. The van der Waals surface area contributed by atoms with E-state index in [0.29, 0.717) is 5.56 Å². The molecule has 7 rings (SSSR count). The van der Waals surface area contributed by atoms with Gasteiger partial charge in [0.15, 0.2) is 0 Å². The highest BCUT2D eigenvalue weighted by Gasteiger charge is 2.16. The zero-order valence-electron chi connectivity index (χ0n) is 20.9. The maximum absolute atomic E-state index is 8.57. The van der Waals surface area contributed by atoms with Crippen LogP contribution in [0, 0.1) is 5.92 Å². The van der Waals surface area contributed by atoms with Crippen LogP contribution in [0.25, 0.3) is 62.4 Å². The SMILES string of the molecule is [2H]C([2H])(c1ccnc(-c2cccc3c2sc2c3ccc3c2ccc2c4ccccc4sc23)c1)C(C)C. The highest BCUT2D eigenvalue weighted by molar-refractivity contribution is 7.28. The molecule has 164 valence electrons. The second kappa shape index (κ2) is 7.63. The molecule has 0 radical (unpaired) electrons. The van der Waals surface area contributed by atoms with Crippen molar-refractivity contribution >= 4 is 73.8 Å². The molecule has 0 amide bonds. The Morgan fingerprint density at radius 2 is 1.35 bits per heavy atom. The van der Waals surface area contributed by atoms with E-state index in [-0.39, 0.29) is 5.92 Å². The molecule has 0 saturated carbocycles. The predicted molar refractivity (Wildman–Crippen MR) is 151 cm³/mol. The van der Waals surface area contributed by atoms with E-state index in [1.165, 1.54) is 51.1 Å². The van der Waals surface area contributed by atoms with Gasteiger partial charge in [0.2, 0.25) is 0 Å². The van der Waals surface area contributed by atoms with Gasteiger partial charge >= 0.3 is 0 Å². The van der Waals surface area contributed by atoms with Gasteiger partial charge in [-0.15, -0.1) is 22.7 Å². The summed E-state index contributed by atoms with van der Waals surface area (Å²) in [5, 5.41) is 7.73. The maximum atomic E-state index is 8.57. The van der Waals surface area contributed by atoms with Gasteiger partial charge in [-0.25, -0.2) is 0 Å². The molecule has 3 aromatic heterocycles. The molecule has 3 heterocycles. The normalized spacial score (nSPS) is 13.5.